The summed E-state index contributed by atoms with van der Waals surface area (Å²) in [6.07, 6.45) is 0.536. The van der Waals surface area contributed by atoms with Crippen LogP contribution in [0.15, 0.2) is 18.2 Å². The standard InChI is InChI=1S/C16H24O3/c1-11-8-7-9-13-12(11)10-16(5,6)14(17-13)18-19-15(2,3)4/h7-9,14H,10H2,1-6H3. The average molecular weight is 264 g/mol. The number of benzene rings is 1. The molecule has 0 radical (unpaired) electrons. The van der Waals surface area contributed by atoms with Crippen molar-refractivity contribution in [3.05, 3.63) is 29.3 Å². The van der Waals surface area contributed by atoms with Crippen LogP contribution < -0.4 is 4.74 Å². The minimum Gasteiger partial charge on any atom is -0.461 e. The molecule has 1 aromatic rings. The van der Waals surface area contributed by atoms with E-state index >= 15 is 0 Å². The van der Waals surface area contributed by atoms with Gasteiger partial charge in [0.15, 0.2) is 0 Å². The lowest BCUT2D eigenvalue weighted by atomic mass is 9.81. The first-order valence-corrected chi connectivity index (χ1v) is 6.79. The van der Waals surface area contributed by atoms with Gasteiger partial charge in [0, 0.05) is 5.41 Å². The minimum atomic E-state index is -0.388. The zero-order chi connectivity index (χ0) is 14.3. The third-order valence-electron chi connectivity index (χ3n) is 3.26. The molecule has 1 heterocycles. The van der Waals surface area contributed by atoms with E-state index in [2.05, 4.69) is 26.8 Å². The summed E-state index contributed by atoms with van der Waals surface area (Å²) in [6, 6.07) is 6.12. The summed E-state index contributed by atoms with van der Waals surface area (Å²) < 4.78 is 5.98. The Bertz CT molecular complexity index is 458. The highest BCUT2D eigenvalue weighted by molar-refractivity contribution is 5.41. The monoisotopic (exact) mass is 264 g/mol. The Morgan fingerprint density at radius 2 is 1.95 bits per heavy atom. The lowest BCUT2D eigenvalue weighted by Crippen LogP contribution is -2.43. The lowest BCUT2D eigenvalue weighted by molar-refractivity contribution is -0.422. The summed E-state index contributed by atoms with van der Waals surface area (Å²) in [5, 5.41) is 0. The van der Waals surface area contributed by atoms with Crippen molar-refractivity contribution < 1.29 is 14.5 Å². The number of ether oxygens (including phenoxy) is 1. The maximum Gasteiger partial charge on any atom is 0.236 e. The molecule has 1 aromatic carbocycles. The molecule has 3 heteroatoms. The van der Waals surface area contributed by atoms with E-state index in [4.69, 9.17) is 14.5 Å². The van der Waals surface area contributed by atoms with Gasteiger partial charge in [-0.3, -0.25) is 0 Å². The first kappa shape index (κ1) is 14.4. The second-order valence-electron chi connectivity index (χ2n) is 6.96. The van der Waals surface area contributed by atoms with Gasteiger partial charge >= 0.3 is 0 Å². The molecule has 0 spiro atoms. The summed E-state index contributed by atoms with van der Waals surface area (Å²) in [6.45, 7) is 12.3. The summed E-state index contributed by atoms with van der Waals surface area (Å²) in [4.78, 5) is 11.0. The molecule has 2 rings (SSSR count). The summed E-state index contributed by atoms with van der Waals surface area (Å²) in [7, 11) is 0. The van der Waals surface area contributed by atoms with Gasteiger partial charge in [0.2, 0.25) is 6.29 Å². The van der Waals surface area contributed by atoms with Crippen molar-refractivity contribution in [2.45, 2.75) is 59.9 Å². The molecule has 1 atom stereocenters. The molecule has 0 aliphatic carbocycles. The van der Waals surface area contributed by atoms with Crippen molar-refractivity contribution in [2.75, 3.05) is 0 Å². The molecule has 0 aromatic heterocycles. The zero-order valence-electron chi connectivity index (χ0n) is 12.7. The highest BCUT2D eigenvalue weighted by atomic mass is 17.2. The molecule has 0 saturated heterocycles. The summed E-state index contributed by atoms with van der Waals surface area (Å²) >= 11 is 0. The molecule has 1 aliphatic heterocycles. The fourth-order valence-electron chi connectivity index (χ4n) is 2.16. The van der Waals surface area contributed by atoms with Crippen molar-refractivity contribution in [1.82, 2.24) is 0 Å². The van der Waals surface area contributed by atoms with E-state index in [9.17, 15) is 0 Å². The van der Waals surface area contributed by atoms with Crippen LogP contribution >= 0.6 is 0 Å². The second kappa shape index (κ2) is 4.80. The third kappa shape index (κ3) is 3.28. The molecule has 19 heavy (non-hydrogen) atoms. The van der Waals surface area contributed by atoms with Gasteiger partial charge in [-0.05, 0) is 51.3 Å². The van der Waals surface area contributed by atoms with Gasteiger partial charge in [0.05, 0.1) is 5.60 Å². The molecule has 3 nitrogen and oxygen atoms in total. The van der Waals surface area contributed by atoms with E-state index in [0.29, 0.717) is 0 Å². The van der Waals surface area contributed by atoms with Crippen LogP contribution in [0.25, 0.3) is 0 Å². The smallest absolute Gasteiger partial charge is 0.236 e. The van der Waals surface area contributed by atoms with Gasteiger partial charge < -0.3 is 4.74 Å². The topological polar surface area (TPSA) is 27.7 Å². The van der Waals surface area contributed by atoms with Crippen LogP contribution in [0.5, 0.6) is 5.75 Å². The maximum atomic E-state index is 5.98. The van der Waals surface area contributed by atoms with Crippen LogP contribution in [0.4, 0.5) is 0 Å². The molecule has 1 unspecified atom stereocenters. The number of aryl methyl sites for hydroxylation is 1. The Kier molecular flexibility index (Phi) is 3.63. The van der Waals surface area contributed by atoms with Crippen molar-refractivity contribution in [3.8, 4) is 5.75 Å². The number of rotatable bonds is 2. The van der Waals surface area contributed by atoms with Crippen LogP contribution in [-0.4, -0.2) is 11.9 Å². The molecule has 1 aliphatic rings. The molecule has 0 fully saturated rings. The molecular formula is C16H24O3. The van der Waals surface area contributed by atoms with Crippen molar-refractivity contribution in [1.29, 1.82) is 0 Å². The maximum absolute atomic E-state index is 5.98. The Morgan fingerprint density at radius 3 is 2.58 bits per heavy atom. The molecule has 0 amide bonds. The highest BCUT2D eigenvalue weighted by Crippen LogP contribution is 2.40. The van der Waals surface area contributed by atoms with Crippen molar-refractivity contribution in [3.63, 3.8) is 0 Å². The molecule has 0 N–H and O–H groups in total. The molecular weight excluding hydrogens is 240 g/mol. The van der Waals surface area contributed by atoms with E-state index in [1.54, 1.807) is 0 Å². The molecule has 0 bridgehead atoms. The average Bonchev–Trinajstić information content (AvgIpc) is 2.26. The van der Waals surface area contributed by atoms with E-state index in [0.717, 1.165) is 12.2 Å². The fourth-order valence-corrected chi connectivity index (χ4v) is 2.16. The van der Waals surface area contributed by atoms with Gasteiger partial charge in [0.1, 0.15) is 5.75 Å². The van der Waals surface area contributed by atoms with Gasteiger partial charge in [0.25, 0.3) is 0 Å². The van der Waals surface area contributed by atoms with Crippen LogP contribution in [-0.2, 0) is 16.2 Å². The summed E-state index contributed by atoms with van der Waals surface area (Å²) in [5.41, 5.74) is 2.07. The van der Waals surface area contributed by atoms with Gasteiger partial charge in [-0.25, -0.2) is 4.89 Å². The molecule has 0 saturated carbocycles. The highest BCUT2D eigenvalue weighted by Gasteiger charge is 2.39. The number of fused-ring (bicyclic) bond motifs is 1. The third-order valence-corrected chi connectivity index (χ3v) is 3.26. The number of hydrogen-bond acceptors (Lipinski definition) is 3. The largest absolute Gasteiger partial charge is 0.461 e. The van der Waals surface area contributed by atoms with E-state index in [1.165, 1.54) is 11.1 Å². The minimum absolute atomic E-state index is 0.121. The lowest BCUT2D eigenvalue weighted by Gasteiger charge is -2.39. The first-order valence-electron chi connectivity index (χ1n) is 6.79. The quantitative estimate of drug-likeness (QED) is 0.596. The van der Waals surface area contributed by atoms with Gasteiger partial charge in [-0.1, -0.05) is 26.0 Å². The normalized spacial score (nSPS) is 21.7. The van der Waals surface area contributed by atoms with Crippen LogP contribution in [0.2, 0.25) is 0 Å². The summed E-state index contributed by atoms with van der Waals surface area (Å²) in [5.74, 6) is 0.904. The van der Waals surface area contributed by atoms with E-state index in [1.807, 2.05) is 32.9 Å². The van der Waals surface area contributed by atoms with Crippen LogP contribution in [0.1, 0.15) is 45.7 Å². The predicted molar refractivity (Wildman–Crippen MR) is 75.0 cm³/mol. The Morgan fingerprint density at radius 1 is 1.26 bits per heavy atom. The second-order valence-corrected chi connectivity index (χ2v) is 6.96. The number of hydrogen-bond donors (Lipinski definition) is 0. The van der Waals surface area contributed by atoms with Crippen molar-refractivity contribution in [2.24, 2.45) is 5.41 Å². The van der Waals surface area contributed by atoms with Crippen molar-refractivity contribution >= 4 is 0 Å². The Labute approximate surface area is 115 Å². The van der Waals surface area contributed by atoms with Gasteiger partial charge in [-0.15, -0.1) is 0 Å². The predicted octanol–water partition coefficient (Wildman–Crippen LogP) is 4.03. The van der Waals surface area contributed by atoms with Crippen LogP contribution in [0, 0.1) is 12.3 Å². The van der Waals surface area contributed by atoms with Crippen LogP contribution in [0.3, 0.4) is 0 Å². The Hall–Kier alpha value is -1.06. The Balaban J connectivity index is 2.19. The zero-order valence-corrected chi connectivity index (χ0v) is 12.7. The van der Waals surface area contributed by atoms with E-state index < -0.39 is 0 Å². The fraction of sp³-hybridized carbons (Fsp3) is 0.625. The molecule has 106 valence electrons. The van der Waals surface area contributed by atoms with Gasteiger partial charge in [-0.2, -0.15) is 4.89 Å². The van der Waals surface area contributed by atoms with E-state index in [-0.39, 0.29) is 17.3 Å². The first-order chi connectivity index (χ1) is 8.69. The SMILES string of the molecule is Cc1cccc2c1CC(C)(C)C(OOC(C)(C)C)O2.